The van der Waals surface area contributed by atoms with E-state index in [1.807, 2.05) is 10.7 Å². The Hall–Kier alpha value is -2.79. The van der Waals surface area contributed by atoms with E-state index in [0.717, 1.165) is 66.3 Å². The summed E-state index contributed by atoms with van der Waals surface area (Å²) in [5.74, 6) is -0.280. The van der Waals surface area contributed by atoms with E-state index in [4.69, 9.17) is 21.4 Å². The van der Waals surface area contributed by atoms with E-state index in [1.54, 1.807) is 19.2 Å². The molecule has 36 heavy (non-hydrogen) atoms. The zero-order valence-corrected chi connectivity index (χ0v) is 22.1. The second-order valence-electron chi connectivity index (χ2n) is 9.31. The third-order valence-corrected chi connectivity index (χ3v) is 7.97. The zero-order valence-electron chi connectivity index (χ0n) is 20.6. The Bertz CT molecular complexity index is 1310. The number of likely N-dealkylation sites (tertiary alicyclic amines) is 1. The van der Waals surface area contributed by atoms with Crippen LogP contribution in [0.3, 0.4) is 0 Å². The van der Waals surface area contributed by atoms with E-state index in [1.165, 1.54) is 18.3 Å². The van der Waals surface area contributed by atoms with Crippen LogP contribution in [0.2, 0.25) is 5.02 Å². The van der Waals surface area contributed by atoms with E-state index in [2.05, 4.69) is 27.6 Å². The lowest BCUT2D eigenvalue weighted by atomic mass is 9.97. The molecule has 1 aliphatic carbocycles. The van der Waals surface area contributed by atoms with Crippen LogP contribution in [0.4, 0.5) is 5.13 Å². The summed E-state index contributed by atoms with van der Waals surface area (Å²) in [6.07, 6.45) is 3.39. The molecular weight excluding hydrogens is 500 g/mol. The minimum atomic E-state index is -0.160. The molecule has 2 amide bonds. The van der Waals surface area contributed by atoms with Gasteiger partial charge in [0.05, 0.1) is 39.3 Å². The molecular formula is C25H29ClN6O3S. The molecule has 0 unspecified atom stereocenters. The molecule has 1 aliphatic heterocycles. The number of ether oxygens (including phenoxy) is 1. The molecule has 0 radical (unpaired) electrons. The average molecular weight is 529 g/mol. The lowest BCUT2D eigenvalue weighted by Gasteiger charge is -2.29. The van der Waals surface area contributed by atoms with Crippen LogP contribution < -0.4 is 10.6 Å². The molecule has 1 fully saturated rings. The minimum absolute atomic E-state index is 0.120. The van der Waals surface area contributed by atoms with Crippen LogP contribution >= 0.6 is 22.9 Å². The van der Waals surface area contributed by atoms with Crippen LogP contribution in [0.15, 0.2) is 18.2 Å². The highest BCUT2D eigenvalue weighted by Gasteiger charge is 2.30. The first-order chi connectivity index (χ1) is 17.3. The zero-order chi connectivity index (χ0) is 25.4. The van der Waals surface area contributed by atoms with Crippen molar-refractivity contribution in [3.8, 4) is 16.3 Å². The quantitative estimate of drug-likeness (QED) is 0.506. The van der Waals surface area contributed by atoms with Gasteiger partial charge in [0.2, 0.25) is 5.91 Å². The molecule has 1 saturated heterocycles. The molecule has 0 spiro atoms. The Labute approximate surface area is 218 Å². The van der Waals surface area contributed by atoms with Crippen LogP contribution in [0.1, 0.15) is 47.1 Å². The number of aromatic nitrogens is 3. The summed E-state index contributed by atoms with van der Waals surface area (Å²) in [6.45, 7) is 3.79. The number of hydrogen-bond donors (Lipinski definition) is 2. The molecule has 11 heteroatoms. The van der Waals surface area contributed by atoms with Gasteiger partial charge in [-0.2, -0.15) is 5.10 Å². The van der Waals surface area contributed by atoms with E-state index in [9.17, 15) is 9.59 Å². The summed E-state index contributed by atoms with van der Waals surface area (Å²) in [7, 11) is 3.74. The number of methoxy groups -OCH3 is 1. The van der Waals surface area contributed by atoms with Crippen molar-refractivity contribution in [2.45, 2.75) is 45.3 Å². The van der Waals surface area contributed by atoms with Gasteiger partial charge in [0.25, 0.3) is 5.91 Å². The molecule has 3 aromatic rings. The summed E-state index contributed by atoms with van der Waals surface area (Å²) in [4.78, 5) is 32.3. The van der Waals surface area contributed by atoms with Gasteiger partial charge in [-0.1, -0.05) is 22.9 Å². The van der Waals surface area contributed by atoms with Gasteiger partial charge < -0.3 is 20.3 Å². The normalized spacial score (nSPS) is 15.9. The van der Waals surface area contributed by atoms with Crippen molar-refractivity contribution in [2.75, 3.05) is 32.6 Å². The number of fused-ring (bicyclic) bond motifs is 3. The number of hydrogen-bond acceptors (Lipinski definition) is 7. The van der Waals surface area contributed by atoms with E-state index in [-0.39, 0.29) is 17.9 Å². The Balaban J connectivity index is 1.48. The highest BCUT2D eigenvalue weighted by Crippen LogP contribution is 2.42. The number of carbonyl (C=O) groups is 2. The number of nitrogens with one attached hydrogen (secondary N) is 2. The first kappa shape index (κ1) is 24.9. The fourth-order valence-electron chi connectivity index (χ4n) is 4.81. The Kier molecular flexibility index (Phi) is 7.11. The molecule has 0 bridgehead atoms. The number of halogens is 1. The molecule has 2 aromatic heterocycles. The van der Waals surface area contributed by atoms with Gasteiger partial charge in [-0.15, -0.1) is 0 Å². The number of benzene rings is 1. The van der Waals surface area contributed by atoms with Gasteiger partial charge in [-0.05, 0) is 64.0 Å². The highest BCUT2D eigenvalue weighted by molar-refractivity contribution is 7.19. The predicted octanol–water partition coefficient (Wildman–Crippen LogP) is 3.68. The minimum Gasteiger partial charge on any atom is -0.378 e. The summed E-state index contributed by atoms with van der Waals surface area (Å²) in [5, 5.41) is 11.8. The molecule has 2 N–H and O–H groups in total. The van der Waals surface area contributed by atoms with Crippen molar-refractivity contribution in [2.24, 2.45) is 0 Å². The third-order valence-electron chi connectivity index (χ3n) is 6.65. The predicted molar refractivity (Wildman–Crippen MR) is 140 cm³/mol. The molecule has 0 saturated carbocycles. The second-order valence-corrected chi connectivity index (χ2v) is 10.7. The summed E-state index contributed by atoms with van der Waals surface area (Å²) in [5.41, 5.74) is 4.95. The van der Waals surface area contributed by atoms with E-state index < -0.39 is 0 Å². The van der Waals surface area contributed by atoms with Crippen molar-refractivity contribution in [3.63, 3.8) is 0 Å². The molecule has 0 atom stereocenters. The maximum atomic E-state index is 12.9. The first-order valence-electron chi connectivity index (χ1n) is 12.0. The molecule has 2 aliphatic rings. The number of aryl methyl sites for hydroxylation is 1. The van der Waals surface area contributed by atoms with Crippen molar-refractivity contribution in [3.05, 3.63) is 45.7 Å². The highest BCUT2D eigenvalue weighted by atomic mass is 35.5. The Morgan fingerprint density at radius 2 is 2.03 bits per heavy atom. The average Bonchev–Trinajstić information content (AvgIpc) is 3.41. The Morgan fingerprint density at radius 3 is 2.72 bits per heavy atom. The lowest BCUT2D eigenvalue weighted by molar-refractivity contribution is -0.114. The van der Waals surface area contributed by atoms with Gasteiger partial charge in [-0.3, -0.25) is 9.59 Å². The number of nitrogens with zero attached hydrogens (tertiary/aromatic N) is 4. The lowest BCUT2D eigenvalue weighted by Crippen LogP contribution is -2.43. The van der Waals surface area contributed by atoms with Crippen LogP contribution in [-0.4, -0.2) is 64.8 Å². The fraction of sp³-hybridized carbons (Fsp3) is 0.440. The van der Waals surface area contributed by atoms with Gasteiger partial charge >= 0.3 is 0 Å². The molecule has 5 rings (SSSR count). The van der Waals surface area contributed by atoms with Crippen molar-refractivity contribution >= 4 is 39.9 Å². The monoisotopic (exact) mass is 528 g/mol. The summed E-state index contributed by atoms with van der Waals surface area (Å²) < 4.78 is 7.23. The fourth-order valence-corrected chi connectivity index (χ4v) is 6.19. The van der Waals surface area contributed by atoms with Crippen LogP contribution in [0.5, 0.6) is 0 Å². The number of piperidine rings is 1. The van der Waals surface area contributed by atoms with Gasteiger partial charge in [0.1, 0.15) is 0 Å². The van der Waals surface area contributed by atoms with Crippen LogP contribution in [0.25, 0.3) is 16.3 Å². The molecule has 190 valence electrons. The largest absolute Gasteiger partial charge is 0.378 e. The number of carbonyl (C=O) groups excluding carboxylic acids is 2. The summed E-state index contributed by atoms with van der Waals surface area (Å²) >= 11 is 8.18. The van der Waals surface area contributed by atoms with Crippen molar-refractivity contribution in [1.82, 2.24) is 25.0 Å². The van der Waals surface area contributed by atoms with Gasteiger partial charge in [-0.25, -0.2) is 9.67 Å². The number of amides is 2. The van der Waals surface area contributed by atoms with Gasteiger partial charge in [0, 0.05) is 31.2 Å². The molecule has 9 nitrogen and oxygen atoms in total. The van der Waals surface area contributed by atoms with E-state index in [0.29, 0.717) is 28.0 Å². The maximum Gasteiger partial charge on any atom is 0.251 e. The molecule has 1 aromatic carbocycles. The van der Waals surface area contributed by atoms with Crippen molar-refractivity contribution in [1.29, 1.82) is 0 Å². The topological polar surface area (TPSA) is 101 Å². The first-order valence-corrected chi connectivity index (χ1v) is 13.2. The van der Waals surface area contributed by atoms with Crippen LogP contribution in [0, 0.1) is 0 Å². The van der Waals surface area contributed by atoms with Gasteiger partial charge in [0.15, 0.2) is 5.13 Å². The van der Waals surface area contributed by atoms with E-state index >= 15 is 0 Å². The van der Waals surface area contributed by atoms with Crippen LogP contribution in [-0.2, 0) is 29.0 Å². The number of thiazole rings is 1. The maximum absolute atomic E-state index is 12.9. The second kappa shape index (κ2) is 10.3. The summed E-state index contributed by atoms with van der Waals surface area (Å²) in [6, 6.07) is 5.49. The smallest absolute Gasteiger partial charge is 0.251 e. The number of anilines is 1. The number of rotatable bonds is 6. The van der Waals surface area contributed by atoms with Crippen molar-refractivity contribution < 1.29 is 14.3 Å². The SMILES string of the molecule is COCc1nn(-c2ccc(C(=O)NC3CCN(C)CC3)cc2Cl)c2c1CCc1nc(NC(C)=O)sc1-2. The Morgan fingerprint density at radius 1 is 1.25 bits per heavy atom. The standard InChI is InChI=1S/C25H29ClN6O3S/c1-14(33)27-25-29-19-6-5-17-20(13-35-3)30-32(22(17)23(19)36-25)21-7-4-15(12-18(21)26)24(34)28-16-8-10-31(2)11-9-16/h4,7,12,16H,5-6,8-11,13H2,1-3H3,(H,28,34)(H,27,29,33). The third kappa shape index (κ3) is 4.90. The molecule has 3 heterocycles.